The van der Waals surface area contributed by atoms with Crippen LogP contribution in [0.2, 0.25) is 0 Å². The summed E-state index contributed by atoms with van der Waals surface area (Å²) in [6.07, 6.45) is 2.97. The van der Waals surface area contributed by atoms with Gasteiger partial charge in [-0.2, -0.15) is 8.78 Å². The highest BCUT2D eigenvalue weighted by atomic mass is 19.2. The topological polar surface area (TPSA) is 55.8 Å². The van der Waals surface area contributed by atoms with Gasteiger partial charge in [0.05, 0.1) is 18.6 Å². The van der Waals surface area contributed by atoms with Crippen LogP contribution in [0.5, 0.6) is 11.5 Å². The summed E-state index contributed by atoms with van der Waals surface area (Å²) in [4.78, 5) is 12.9. The van der Waals surface area contributed by atoms with Crippen LogP contribution in [0, 0.1) is 40.8 Å². The van der Waals surface area contributed by atoms with Gasteiger partial charge in [0.2, 0.25) is 11.6 Å². The molecular formula is C37H40F6O4. The Morgan fingerprint density at radius 2 is 1.11 bits per heavy atom. The highest BCUT2D eigenvalue weighted by Gasteiger charge is 2.33. The predicted octanol–water partition coefficient (Wildman–Crippen LogP) is 10.1. The van der Waals surface area contributed by atoms with E-state index in [9.17, 15) is 27.5 Å². The Balaban J connectivity index is 1.17. The van der Waals surface area contributed by atoms with Crippen LogP contribution in [0.25, 0.3) is 0 Å². The second kappa shape index (κ2) is 15.1. The number of hydrogen-bond acceptors (Lipinski definition) is 4. The lowest BCUT2D eigenvalue weighted by atomic mass is 9.76. The highest BCUT2D eigenvalue weighted by molar-refractivity contribution is 5.75. The quantitative estimate of drug-likeness (QED) is 0.133. The van der Waals surface area contributed by atoms with E-state index in [-0.39, 0.29) is 52.4 Å². The molecule has 5 rings (SSSR count). The van der Waals surface area contributed by atoms with Crippen molar-refractivity contribution in [2.75, 3.05) is 6.61 Å². The molecule has 1 atom stereocenters. The van der Waals surface area contributed by atoms with E-state index in [1.807, 2.05) is 6.92 Å². The first-order valence-corrected chi connectivity index (χ1v) is 16.5. The summed E-state index contributed by atoms with van der Waals surface area (Å²) in [6.45, 7) is 3.72. The van der Waals surface area contributed by atoms with Crippen molar-refractivity contribution in [3.8, 4) is 11.5 Å². The van der Waals surface area contributed by atoms with E-state index in [0.717, 1.165) is 0 Å². The minimum absolute atomic E-state index is 0.0747. The molecule has 0 saturated heterocycles. The zero-order chi connectivity index (χ0) is 33.8. The Hall–Kier alpha value is -3.53. The lowest BCUT2D eigenvalue weighted by molar-refractivity contribution is -0.140. The molecule has 0 radical (unpaired) electrons. The monoisotopic (exact) mass is 662 g/mol. The number of aliphatic hydroxyl groups excluding tert-OH is 1. The van der Waals surface area contributed by atoms with Crippen LogP contribution in [0.15, 0.2) is 36.4 Å². The average molecular weight is 663 g/mol. The van der Waals surface area contributed by atoms with Crippen molar-refractivity contribution in [2.24, 2.45) is 5.92 Å². The van der Waals surface area contributed by atoms with Crippen molar-refractivity contribution in [1.29, 1.82) is 0 Å². The molecule has 0 amide bonds. The number of halogens is 6. The number of rotatable bonds is 10. The molecule has 0 aliphatic heterocycles. The van der Waals surface area contributed by atoms with Gasteiger partial charge in [-0.1, -0.05) is 37.6 Å². The largest absolute Gasteiger partial charge is 0.491 e. The lowest BCUT2D eigenvalue weighted by Crippen LogP contribution is -2.26. The van der Waals surface area contributed by atoms with Crippen LogP contribution in [0.4, 0.5) is 26.3 Å². The van der Waals surface area contributed by atoms with Gasteiger partial charge in [0, 0.05) is 5.56 Å². The van der Waals surface area contributed by atoms with E-state index in [1.54, 1.807) is 6.92 Å². The first-order valence-electron chi connectivity index (χ1n) is 16.5. The molecule has 1 N–H and O–H groups in total. The summed E-state index contributed by atoms with van der Waals surface area (Å²) in [5.74, 6) is -9.36. The normalized spacial score (nSPS) is 22.1. The minimum Gasteiger partial charge on any atom is -0.491 e. The van der Waals surface area contributed by atoms with Crippen LogP contribution in [-0.2, 0) is 4.79 Å². The summed E-state index contributed by atoms with van der Waals surface area (Å²) in [5.41, 5.74) is 0.498. The number of carbonyl (C=O) groups is 1. The van der Waals surface area contributed by atoms with Crippen LogP contribution in [-0.4, -0.2) is 17.7 Å². The fourth-order valence-electron chi connectivity index (χ4n) is 7.20. The van der Waals surface area contributed by atoms with E-state index in [1.165, 1.54) is 36.4 Å². The van der Waals surface area contributed by atoms with Crippen molar-refractivity contribution >= 4 is 5.97 Å². The van der Waals surface area contributed by atoms with Crippen LogP contribution < -0.4 is 9.47 Å². The Kier molecular flexibility index (Phi) is 11.2. The summed E-state index contributed by atoms with van der Waals surface area (Å²) in [5, 5.41) is 10.1. The van der Waals surface area contributed by atoms with Crippen molar-refractivity contribution in [1.82, 2.24) is 0 Å². The third-order valence-electron chi connectivity index (χ3n) is 9.83. The van der Waals surface area contributed by atoms with E-state index in [0.29, 0.717) is 64.2 Å². The molecule has 3 aromatic carbocycles. The molecule has 0 aromatic heterocycles. The molecule has 1 unspecified atom stereocenters. The predicted molar refractivity (Wildman–Crippen MR) is 164 cm³/mol. The van der Waals surface area contributed by atoms with Crippen LogP contribution in [0.3, 0.4) is 0 Å². The molecule has 10 heteroatoms. The molecule has 4 nitrogen and oxygen atoms in total. The van der Waals surface area contributed by atoms with Crippen molar-refractivity contribution in [3.63, 3.8) is 0 Å². The third-order valence-corrected chi connectivity index (χ3v) is 9.83. The number of aliphatic hydroxyl groups is 1. The van der Waals surface area contributed by atoms with Gasteiger partial charge in [0.15, 0.2) is 34.8 Å². The molecular weight excluding hydrogens is 622 g/mol. The van der Waals surface area contributed by atoms with E-state index in [4.69, 9.17) is 9.47 Å². The molecule has 2 aliphatic rings. The Labute approximate surface area is 271 Å². The first-order chi connectivity index (χ1) is 22.5. The van der Waals surface area contributed by atoms with Gasteiger partial charge in [-0.25, -0.2) is 17.6 Å². The van der Waals surface area contributed by atoms with Gasteiger partial charge < -0.3 is 14.6 Å². The smallest absolute Gasteiger partial charge is 0.314 e. The van der Waals surface area contributed by atoms with Crippen molar-refractivity contribution in [3.05, 3.63) is 93.6 Å². The molecule has 2 aliphatic carbocycles. The van der Waals surface area contributed by atoms with Crippen molar-refractivity contribution < 1.29 is 45.7 Å². The fraction of sp³-hybridized carbons (Fsp3) is 0.486. The maximum atomic E-state index is 15.3. The number of ether oxygens (including phenoxy) is 2. The zero-order valence-electron chi connectivity index (χ0n) is 26.6. The van der Waals surface area contributed by atoms with Gasteiger partial charge in [-0.3, -0.25) is 4.79 Å². The summed E-state index contributed by atoms with van der Waals surface area (Å²) >= 11 is 0. The Bertz CT molecular complexity index is 1580. The molecule has 3 aromatic rings. The number of hydrogen-bond donors (Lipinski definition) is 1. The van der Waals surface area contributed by atoms with Gasteiger partial charge in [-0.15, -0.1) is 0 Å². The highest BCUT2D eigenvalue weighted by Crippen LogP contribution is 2.44. The summed E-state index contributed by atoms with van der Waals surface area (Å²) in [7, 11) is 0. The fourth-order valence-corrected chi connectivity index (χ4v) is 7.20. The van der Waals surface area contributed by atoms with E-state index >= 15 is 8.78 Å². The summed E-state index contributed by atoms with van der Waals surface area (Å²) in [6, 6.07) is 8.45. The van der Waals surface area contributed by atoms with Gasteiger partial charge in [0.25, 0.3) is 0 Å². The molecule has 0 bridgehead atoms. The number of carbonyl (C=O) groups excluding carboxylic acids is 1. The van der Waals surface area contributed by atoms with Gasteiger partial charge in [-0.05, 0) is 111 Å². The minimum atomic E-state index is -1.27. The molecule has 47 heavy (non-hydrogen) atoms. The number of benzene rings is 3. The lowest BCUT2D eigenvalue weighted by Gasteiger charge is -2.30. The maximum absolute atomic E-state index is 15.3. The molecule has 254 valence electrons. The second-order valence-electron chi connectivity index (χ2n) is 12.7. The summed E-state index contributed by atoms with van der Waals surface area (Å²) < 4.78 is 99.5. The molecule has 2 saturated carbocycles. The standard InChI is InChI=1S/C37H40F6O4/c1-3-5-28(44)27-15-14-24(31(38)34(27)41)22-10-12-23(13-11-22)37(45)47-30-19-17-26(33(40)36(30)43)21-8-6-20(7-9-21)25-16-18-29(46-4-2)35(42)32(25)39/h14-23,28,44H,3-13H2,1-2H3. The van der Waals surface area contributed by atoms with Gasteiger partial charge in [0.1, 0.15) is 0 Å². The molecule has 0 heterocycles. The molecule has 0 spiro atoms. The second-order valence-corrected chi connectivity index (χ2v) is 12.7. The van der Waals surface area contributed by atoms with Crippen LogP contribution in [0.1, 0.15) is 124 Å². The first kappa shape index (κ1) is 34.8. The van der Waals surface area contributed by atoms with E-state index < -0.39 is 58.6 Å². The zero-order valence-corrected chi connectivity index (χ0v) is 26.6. The third kappa shape index (κ3) is 7.32. The van der Waals surface area contributed by atoms with Gasteiger partial charge >= 0.3 is 5.97 Å². The maximum Gasteiger partial charge on any atom is 0.314 e. The van der Waals surface area contributed by atoms with Crippen LogP contribution >= 0.6 is 0 Å². The Morgan fingerprint density at radius 1 is 0.660 bits per heavy atom. The molecule has 2 fully saturated rings. The Morgan fingerprint density at radius 3 is 1.62 bits per heavy atom. The SMILES string of the molecule is CCCC(O)c1ccc(C2CCC(C(=O)Oc3ccc(C4CCC(c5ccc(OCC)c(F)c5F)CC4)c(F)c3F)CC2)c(F)c1F. The van der Waals surface area contributed by atoms with E-state index in [2.05, 4.69) is 0 Å². The van der Waals surface area contributed by atoms with Crippen molar-refractivity contribution in [2.45, 2.75) is 102 Å². The number of esters is 1. The average Bonchev–Trinajstić information content (AvgIpc) is 3.07.